The van der Waals surface area contributed by atoms with Crippen molar-refractivity contribution in [2.45, 2.75) is 52.6 Å². The van der Waals surface area contributed by atoms with Crippen LogP contribution in [0.1, 0.15) is 52.0 Å². The van der Waals surface area contributed by atoms with Crippen molar-refractivity contribution in [3.8, 4) is 5.75 Å². The minimum atomic E-state index is -0.621. The number of carbonyl (C=O) groups is 2. The van der Waals surface area contributed by atoms with Gasteiger partial charge in [0.05, 0.1) is 19.1 Å². The Hall–Kier alpha value is -2.76. The van der Waals surface area contributed by atoms with Gasteiger partial charge in [-0.2, -0.15) is 0 Å². The van der Waals surface area contributed by atoms with Gasteiger partial charge in [0.15, 0.2) is 5.78 Å². The molecule has 1 atom stereocenters. The van der Waals surface area contributed by atoms with Crippen molar-refractivity contribution in [1.29, 1.82) is 0 Å². The quantitative estimate of drug-likeness (QED) is 0.797. The summed E-state index contributed by atoms with van der Waals surface area (Å²) in [4.78, 5) is 25.9. The van der Waals surface area contributed by atoms with Crippen LogP contribution in [-0.4, -0.2) is 25.0 Å². The molecule has 0 aromatic heterocycles. The monoisotopic (exact) mass is 385 g/mol. The van der Waals surface area contributed by atoms with Crippen LogP contribution in [0.25, 0.3) is 0 Å². The van der Waals surface area contributed by atoms with Gasteiger partial charge in [0.25, 0.3) is 0 Å². The summed E-state index contributed by atoms with van der Waals surface area (Å²) in [6.45, 7) is 7.56. The van der Waals surface area contributed by atoms with Crippen molar-refractivity contribution < 1.29 is 23.8 Å². The van der Waals surface area contributed by atoms with E-state index < -0.39 is 11.9 Å². The maximum absolute atomic E-state index is 13.1. The molecule has 0 fully saturated rings. The Morgan fingerprint density at radius 2 is 1.86 bits per heavy atom. The summed E-state index contributed by atoms with van der Waals surface area (Å²) in [5.41, 5.74) is 7.37. The summed E-state index contributed by atoms with van der Waals surface area (Å²) in [7, 11) is 1.58. The Morgan fingerprint density at radius 3 is 2.43 bits per heavy atom. The van der Waals surface area contributed by atoms with Crippen LogP contribution in [0.2, 0.25) is 0 Å². The first-order chi connectivity index (χ1) is 13.1. The van der Waals surface area contributed by atoms with E-state index in [1.807, 2.05) is 26.0 Å². The first-order valence-electron chi connectivity index (χ1n) is 9.41. The molecule has 1 aromatic rings. The minimum absolute atomic E-state index is 0.00396. The third-order valence-corrected chi connectivity index (χ3v) is 4.97. The Morgan fingerprint density at radius 1 is 1.21 bits per heavy atom. The molecule has 1 aliphatic carbocycles. The first-order valence-corrected chi connectivity index (χ1v) is 9.41. The lowest BCUT2D eigenvalue weighted by Gasteiger charge is -2.38. The van der Waals surface area contributed by atoms with E-state index in [9.17, 15) is 9.59 Å². The van der Waals surface area contributed by atoms with Crippen LogP contribution in [-0.2, 0) is 19.1 Å². The number of rotatable bonds is 4. The van der Waals surface area contributed by atoms with E-state index in [4.69, 9.17) is 19.9 Å². The Labute approximate surface area is 165 Å². The van der Waals surface area contributed by atoms with Gasteiger partial charge in [-0.1, -0.05) is 26.0 Å². The number of esters is 1. The smallest absolute Gasteiger partial charge is 0.340 e. The SMILES string of the molecule is COc1ccc([C@@H]2C(C(=O)OC(C)C)=C(N)OC3=C2C(=O)CC(C)(C)C3)cc1. The maximum atomic E-state index is 13.1. The predicted octanol–water partition coefficient (Wildman–Crippen LogP) is 3.57. The summed E-state index contributed by atoms with van der Waals surface area (Å²) < 4.78 is 16.4. The van der Waals surface area contributed by atoms with Crippen LogP contribution < -0.4 is 10.5 Å². The number of allylic oxidation sites excluding steroid dienone is 2. The molecule has 0 radical (unpaired) electrons. The lowest BCUT2D eigenvalue weighted by molar-refractivity contribution is -0.143. The molecule has 6 nitrogen and oxygen atoms in total. The summed E-state index contributed by atoms with van der Waals surface area (Å²) in [5, 5.41) is 0. The zero-order chi connectivity index (χ0) is 20.6. The molecule has 0 saturated carbocycles. The number of carbonyl (C=O) groups excluding carboxylic acids is 2. The van der Waals surface area contributed by atoms with E-state index in [1.165, 1.54) is 0 Å². The van der Waals surface area contributed by atoms with Gasteiger partial charge >= 0.3 is 5.97 Å². The zero-order valence-electron chi connectivity index (χ0n) is 17.0. The molecular formula is C22H27NO5. The van der Waals surface area contributed by atoms with E-state index in [1.54, 1.807) is 33.1 Å². The van der Waals surface area contributed by atoms with E-state index in [0.717, 1.165) is 5.56 Å². The summed E-state index contributed by atoms with van der Waals surface area (Å²) in [5.74, 6) is -0.00261. The Balaban J connectivity index is 2.14. The molecule has 1 aromatic carbocycles. The van der Waals surface area contributed by atoms with Crippen molar-refractivity contribution in [3.05, 3.63) is 52.6 Å². The van der Waals surface area contributed by atoms with Crippen LogP contribution in [0, 0.1) is 5.41 Å². The molecular weight excluding hydrogens is 358 g/mol. The molecule has 0 bridgehead atoms. The maximum Gasteiger partial charge on any atom is 0.340 e. The molecule has 0 saturated heterocycles. The molecule has 0 amide bonds. The number of nitrogens with two attached hydrogens (primary N) is 1. The largest absolute Gasteiger partial charge is 0.497 e. The molecule has 150 valence electrons. The lowest BCUT2D eigenvalue weighted by Crippen LogP contribution is -2.36. The fourth-order valence-electron chi connectivity index (χ4n) is 3.79. The van der Waals surface area contributed by atoms with Gasteiger partial charge in [-0.25, -0.2) is 4.79 Å². The molecule has 28 heavy (non-hydrogen) atoms. The molecule has 2 N–H and O–H groups in total. The van der Waals surface area contributed by atoms with Crippen LogP contribution in [0.3, 0.4) is 0 Å². The number of hydrogen-bond acceptors (Lipinski definition) is 6. The number of methoxy groups -OCH3 is 1. The molecule has 0 spiro atoms. The molecule has 3 rings (SSSR count). The second-order valence-corrected chi connectivity index (χ2v) is 8.32. The molecule has 6 heteroatoms. The molecule has 0 unspecified atom stereocenters. The highest BCUT2D eigenvalue weighted by atomic mass is 16.5. The van der Waals surface area contributed by atoms with E-state index >= 15 is 0 Å². The predicted molar refractivity (Wildman–Crippen MR) is 104 cm³/mol. The standard InChI is InChI=1S/C22H27NO5/c1-12(2)27-21(25)19-17(13-6-8-14(26-5)9-7-13)18-15(24)10-22(3,4)11-16(18)28-20(19)23/h6-9,12,17H,10-11,23H2,1-5H3/t17-/m0/s1. The lowest BCUT2D eigenvalue weighted by atomic mass is 9.70. The van der Waals surface area contributed by atoms with Gasteiger partial charge < -0.3 is 19.9 Å². The van der Waals surface area contributed by atoms with Crippen molar-refractivity contribution in [3.63, 3.8) is 0 Å². The van der Waals surface area contributed by atoms with Gasteiger partial charge in [0.2, 0.25) is 5.88 Å². The van der Waals surface area contributed by atoms with Gasteiger partial charge in [-0.3, -0.25) is 4.79 Å². The second-order valence-electron chi connectivity index (χ2n) is 8.32. The number of hydrogen-bond donors (Lipinski definition) is 1. The number of ether oxygens (including phenoxy) is 3. The third kappa shape index (κ3) is 3.77. The minimum Gasteiger partial charge on any atom is -0.497 e. The van der Waals surface area contributed by atoms with Gasteiger partial charge in [-0.15, -0.1) is 0 Å². The molecule has 1 aliphatic heterocycles. The highest BCUT2D eigenvalue weighted by Gasteiger charge is 2.45. The van der Waals surface area contributed by atoms with Crippen molar-refractivity contribution in [2.75, 3.05) is 7.11 Å². The summed E-state index contributed by atoms with van der Waals surface area (Å²) in [6, 6.07) is 7.26. The molecule has 1 heterocycles. The fourth-order valence-corrected chi connectivity index (χ4v) is 3.79. The van der Waals surface area contributed by atoms with Crippen molar-refractivity contribution in [2.24, 2.45) is 11.1 Å². The first kappa shape index (κ1) is 20.0. The summed E-state index contributed by atoms with van der Waals surface area (Å²) in [6.07, 6.45) is 0.642. The van der Waals surface area contributed by atoms with Gasteiger partial charge in [-0.05, 0) is 37.0 Å². The van der Waals surface area contributed by atoms with Crippen molar-refractivity contribution >= 4 is 11.8 Å². The Kier molecular flexibility index (Phi) is 5.24. The Bertz CT molecular complexity index is 861. The van der Waals surface area contributed by atoms with E-state index in [0.29, 0.717) is 29.9 Å². The highest BCUT2D eigenvalue weighted by molar-refractivity contribution is 6.03. The van der Waals surface area contributed by atoms with Gasteiger partial charge in [0, 0.05) is 18.4 Å². The topological polar surface area (TPSA) is 87.8 Å². The van der Waals surface area contributed by atoms with E-state index in [-0.39, 0.29) is 28.8 Å². The van der Waals surface area contributed by atoms with Crippen LogP contribution in [0.4, 0.5) is 0 Å². The number of Topliss-reactive ketones (excluding diaryl/α,β-unsaturated/α-hetero) is 1. The van der Waals surface area contributed by atoms with E-state index in [2.05, 4.69) is 0 Å². The van der Waals surface area contributed by atoms with Crippen LogP contribution in [0.5, 0.6) is 5.75 Å². The third-order valence-electron chi connectivity index (χ3n) is 4.97. The number of ketones is 1. The van der Waals surface area contributed by atoms with Crippen LogP contribution >= 0.6 is 0 Å². The van der Waals surface area contributed by atoms with Gasteiger partial charge in [0.1, 0.15) is 17.1 Å². The zero-order valence-corrected chi connectivity index (χ0v) is 17.0. The highest BCUT2D eigenvalue weighted by Crippen LogP contribution is 2.48. The average molecular weight is 385 g/mol. The fraction of sp³-hybridized carbons (Fsp3) is 0.455. The van der Waals surface area contributed by atoms with Crippen LogP contribution in [0.15, 0.2) is 47.1 Å². The number of benzene rings is 1. The normalized spacial score (nSPS) is 21.4. The molecule has 2 aliphatic rings. The summed E-state index contributed by atoms with van der Waals surface area (Å²) >= 11 is 0. The second kappa shape index (κ2) is 7.34. The van der Waals surface area contributed by atoms with Crippen molar-refractivity contribution in [1.82, 2.24) is 0 Å². The average Bonchev–Trinajstić information content (AvgIpc) is 2.58.